The Morgan fingerprint density at radius 1 is 1.04 bits per heavy atom. The number of fused-ring (bicyclic) bond motifs is 1. The summed E-state index contributed by atoms with van der Waals surface area (Å²) in [5.41, 5.74) is 3.15. The molecule has 2 aromatic rings. The molecule has 0 radical (unpaired) electrons. The van der Waals surface area contributed by atoms with E-state index in [1.807, 2.05) is 49.5 Å². The monoisotopic (exact) mass is 325 g/mol. The van der Waals surface area contributed by atoms with E-state index in [2.05, 4.69) is 4.90 Å². The first-order valence-corrected chi connectivity index (χ1v) is 8.17. The standard InChI is InChI=1S/C20H23NO3/c1-21-10-9-15-12-18(23-2)19(24-3)13-16(15)11-17(21)20(22)14-7-5-4-6-8-14/h4-8,12-13,17H,9-11H2,1-3H3. The van der Waals surface area contributed by atoms with E-state index in [4.69, 9.17) is 9.47 Å². The van der Waals surface area contributed by atoms with Crippen molar-refractivity contribution >= 4 is 5.78 Å². The minimum absolute atomic E-state index is 0.160. The number of hydrogen-bond acceptors (Lipinski definition) is 4. The molecular weight excluding hydrogens is 302 g/mol. The summed E-state index contributed by atoms with van der Waals surface area (Å²) in [4.78, 5) is 15.1. The van der Waals surface area contributed by atoms with Crippen LogP contribution in [-0.2, 0) is 12.8 Å². The van der Waals surface area contributed by atoms with Crippen LogP contribution in [0.15, 0.2) is 42.5 Å². The first kappa shape index (κ1) is 16.5. The van der Waals surface area contributed by atoms with Gasteiger partial charge in [-0.2, -0.15) is 0 Å². The molecule has 4 heteroatoms. The number of hydrogen-bond donors (Lipinski definition) is 0. The Morgan fingerprint density at radius 3 is 2.29 bits per heavy atom. The van der Waals surface area contributed by atoms with Crippen molar-refractivity contribution in [2.45, 2.75) is 18.9 Å². The number of ketones is 1. The van der Waals surface area contributed by atoms with Crippen molar-refractivity contribution in [2.24, 2.45) is 0 Å². The number of carbonyl (C=O) groups excluding carboxylic acids is 1. The molecule has 1 aliphatic rings. The zero-order valence-corrected chi connectivity index (χ0v) is 14.4. The lowest BCUT2D eigenvalue weighted by Crippen LogP contribution is -2.39. The van der Waals surface area contributed by atoms with Crippen molar-refractivity contribution in [1.82, 2.24) is 4.90 Å². The van der Waals surface area contributed by atoms with Crippen molar-refractivity contribution in [2.75, 3.05) is 27.8 Å². The zero-order valence-electron chi connectivity index (χ0n) is 14.4. The molecule has 0 N–H and O–H groups in total. The van der Waals surface area contributed by atoms with E-state index in [-0.39, 0.29) is 11.8 Å². The van der Waals surface area contributed by atoms with Crippen LogP contribution in [0.3, 0.4) is 0 Å². The summed E-state index contributed by atoms with van der Waals surface area (Å²) in [6.07, 6.45) is 1.57. The molecule has 0 fully saturated rings. The third-order valence-electron chi connectivity index (χ3n) is 4.75. The molecule has 1 heterocycles. The van der Waals surface area contributed by atoms with Gasteiger partial charge in [-0.05, 0) is 43.1 Å². The van der Waals surface area contributed by atoms with Crippen LogP contribution in [0.25, 0.3) is 0 Å². The van der Waals surface area contributed by atoms with E-state index in [1.54, 1.807) is 14.2 Å². The van der Waals surface area contributed by atoms with Crippen molar-refractivity contribution in [3.63, 3.8) is 0 Å². The van der Waals surface area contributed by atoms with E-state index in [0.717, 1.165) is 29.8 Å². The first-order chi connectivity index (χ1) is 11.6. The number of ether oxygens (including phenoxy) is 2. The third kappa shape index (κ3) is 3.15. The molecule has 24 heavy (non-hydrogen) atoms. The van der Waals surface area contributed by atoms with Crippen molar-refractivity contribution in [3.8, 4) is 11.5 Å². The second kappa shape index (κ2) is 7.05. The molecule has 0 spiro atoms. The van der Waals surface area contributed by atoms with Crippen LogP contribution >= 0.6 is 0 Å². The average molecular weight is 325 g/mol. The lowest BCUT2D eigenvalue weighted by Gasteiger charge is -2.24. The fraction of sp³-hybridized carbons (Fsp3) is 0.350. The number of carbonyl (C=O) groups is 1. The number of benzene rings is 2. The van der Waals surface area contributed by atoms with Crippen LogP contribution < -0.4 is 9.47 Å². The van der Waals surface area contributed by atoms with Crippen LogP contribution in [0.5, 0.6) is 11.5 Å². The predicted molar refractivity (Wildman–Crippen MR) is 94.1 cm³/mol. The molecule has 4 nitrogen and oxygen atoms in total. The first-order valence-electron chi connectivity index (χ1n) is 8.17. The minimum Gasteiger partial charge on any atom is -0.493 e. The highest BCUT2D eigenvalue weighted by Gasteiger charge is 2.28. The summed E-state index contributed by atoms with van der Waals surface area (Å²) in [5.74, 6) is 1.62. The Bertz CT molecular complexity index is 727. The molecule has 1 unspecified atom stereocenters. The van der Waals surface area contributed by atoms with Crippen LogP contribution in [0, 0.1) is 0 Å². The van der Waals surface area contributed by atoms with Gasteiger partial charge in [0.1, 0.15) is 0 Å². The summed E-state index contributed by atoms with van der Waals surface area (Å²) in [5, 5.41) is 0. The lowest BCUT2D eigenvalue weighted by molar-refractivity contribution is 0.0856. The van der Waals surface area contributed by atoms with Gasteiger partial charge in [0.15, 0.2) is 17.3 Å². The molecule has 0 saturated carbocycles. The third-order valence-corrected chi connectivity index (χ3v) is 4.75. The second-order valence-electron chi connectivity index (χ2n) is 6.16. The molecular formula is C20H23NO3. The maximum absolute atomic E-state index is 13.0. The Hall–Kier alpha value is -2.33. The summed E-state index contributed by atoms with van der Waals surface area (Å²) < 4.78 is 10.8. The second-order valence-corrected chi connectivity index (χ2v) is 6.16. The number of nitrogens with zero attached hydrogens (tertiary/aromatic N) is 1. The molecule has 0 aromatic heterocycles. The van der Waals surface area contributed by atoms with Gasteiger partial charge in [0.25, 0.3) is 0 Å². The maximum Gasteiger partial charge on any atom is 0.180 e. The number of likely N-dealkylation sites (N-methyl/N-ethyl adjacent to an activating group) is 1. The Labute approximate surface area is 143 Å². The summed E-state index contributed by atoms with van der Waals surface area (Å²) in [6, 6.07) is 13.4. The molecule has 0 aliphatic carbocycles. The number of methoxy groups -OCH3 is 2. The van der Waals surface area contributed by atoms with Gasteiger partial charge in [0, 0.05) is 12.1 Å². The van der Waals surface area contributed by atoms with Gasteiger partial charge < -0.3 is 9.47 Å². The molecule has 0 saturated heterocycles. The van der Waals surface area contributed by atoms with Gasteiger partial charge in [-0.15, -0.1) is 0 Å². The fourth-order valence-electron chi connectivity index (χ4n) is 3.29. The van der Waals surface area contributed by atoms with Gasteiger partial charge in [0.05, 0.1) is 20.3 Å². The highest BCUT2D eigenvalue weighted by molar-refractivity contribution is 6.00. The molecule has 0 bridgehead atoms. The van der Waals surface area contributed by atoms with Gasteiger partial charge in [-0.1, -0.05) is 30.3 Å². The average Bonchev–Trinajstić information content (AvgIpc) is 2.79. The number of Topliss-reactive ketones (excluding diaryl/α,β-unsaturated/α-hetero) is 1. The van der Waals surface area contributed by atoms with Crippen LogP contribution in [-0.4, -0.2) is 44.5 Å². The van der Waals surface area contributed by atoms with Gasteiger partial charge in [-0.25, -0.2) is 0 Å². The fourth-order valence-corrected chi connectivity index (χ4v) is 3.29. The smallest absolute Gasteiger partial charge is 0.180 e. The highest BCUT2D eigenvalue weighted by atomic mass is 16.5. The van der Waals surface area contributed by atoms with E-state index in [1.165, 1.54) is 5.56 Å². The SMILES string of the molecule is COc1cc2c(cc1OC)CC(C(=O)c1ccccc1)N(C)CC2. The van der Waals surface area contributed by atoms with E-state index < -0.39 is 0 Å². The Kier molecular flexibility index (Phi) is 4.86. The Balaban J connectivity index is 1.95. The Morgan fingerprint density at radius 2 is 1.67 bits per heavy atom. The van der Waals surface area contributed by atoms with E-state index >= 15 is 0 Å². The zero-order chi connectivity index (χ0) is 17.1. The minimum atomic E-state index is -0.160. The normalized spacial score (nSPS) is 17.7. The molecule has 2 aromatic carbocycles. The summed E-state index contributed by atoms with van der Waals surface area (Å²) >= 11 is 0. The molecule has 0 amide bonds. The lowest BCUT2D eigenvalue weighted by atomic mass is 9.95. The van der Waals surface area contributed by atoms with Gasteiger partial charge >= 0.3 is 0 Å². The molecule has 1 aliphatic heterocycles. The van der Waals surface area contributed by atoms with E-state index in [9.17, 15) is 4.79 Å². The molecule has 126 valence electrons. The number of rotatable bonds is 4. The van der Waals surface area contributed by atoms with Gasteiger partial charge in [-0.3, -0.25) is 9.69 Å². The summed E-state index contributed by atoms with van der Waals surface area (Å²) in [7, 11) is 5.31. The topological polar surface area (TPSA) is 38.8 Å². The van der Waals surface area contributed by atoms with Crippen molar-refractivity contribution in [3.05, 3.63) is 59.2 Å². The molecule has 3 rings (SSSR count). The van der Waals surface area contributed by atoms with Crippen LogP contribution in [0.4, 0.5) is 0 Å². The van der Waals surface area contributed by atoms with Crippen LogP contribution in [0.1, 0.15) is 21.5 Å². The maximum atomic E-state index is 13.0. The van der Waals surface area contributed by atoms with E-state index in [0.29, 0.717) is 12.2 Å². The van der Waals surface area contributed by atoms with Crippen LogP contribution in [0.2, 0.25) is 0 Å². The van der Waals surface area contributed by atoms with Crippen molar-refractivity contribution in [1.29, 1.82) is 0 Å². The molecule has 1 atom stereocenters. The predicted octanol–water partition coefficient (Wildman–Crippen LogP) is 2.99. The summed E-state index contributed by atoms with van der Waals surface area (Å²) in [6.45, 7) is 0.839. The van der Waals surface area contributed by atoms with Gasteiger partial charge in [0.2, 0.25) is 0 Å². The highest BCUT2D eigenvalue weighted by Crippen LogP contribution is 2.33. The largest absolute Gasteiger partial charge is 0.493 e. The van der Waals surface area contributed by atoms with Crippen molar-refractivity contribution < 1.29 is 14.3 Å². The quantitative estimate of drug-likeness (QED) is 0.810.